The Bertz CT molecular complexity index is 500. The summed E-state index contributed by atoms with van der Waals surface area (Å²) in [7, 11) is 0. The highest BCUT2D eigenvalue weighted by Crippen LogP contribution is 2.14. The largest absolute Gasteiger partial charge is 0.307 e. The molecule has 0 spiro atoms. The second-order valence-electron chi connectivity index (χ2n) is 4.47. The molecule has 1 aromatic heterocycles. The Balaban J connectivity index is 1.95. The summed E-state index contributed by atoms with van der Waals surface area (Å²) in [4.78, 5) is 4.24. The van der Waals surface area contributed by atoms with Gasteiger partial charge in [-0.1, -0.05) is 18.2 Å². The van der Waals surface area contributed by atoms with Gasteiger partial charge in [-0.2, -0.15) is 0 Å². The van der Waals surface area contributed by atoms with Crippen molar-refractivity contribution in [3.05, 3.63) is 64.7 Å². The first-order chi connectivity index (χ1) is 8.66. The van der Waals surface area contributed by atoms with Crippen molar-refractivity contribution in [2.75, 3.05) is 0 Å². The first-order valence-electron chi connectivity index (χ1n) is 6.03. The number of hydrogen-bond acceptors (Lipinski definition) is 2. The molecule has 3 heteroatoms. The number of nitrogens with one attached hydrogen (secondary N) is 1. The van der Waals surface area contributed by atoms with Crippen LogP contribution in [0.3, 0.4) is 0 Å². The number of halogens is 1. The fourth-order valence-electron chi connectivity index (χ4n) is 1.98. The Kier molecular flexibility index (Phi) is 4.05. The summed E-state index contributed by atoms with van der Waals surface area (Å²) in [6, 6.07) is 9.61. The van der Waals surface area contributed by atoms with Crippen LogP contribution in [-0.2, 0) is 13.1 Å². The van der Waals surface area contributed by atoms with E-state index in [4.69, 9.17) is 0 Å². The number of rotatable bonds is 4. The second kappa shape index (κ2) is 5.74. The lowest BCUT2D eigenvalue weighted by Gasteiger charge is -2.08. The van der Waals surface area contributed by atoms with Crippen molar-refractivity contribution in [2.45, 2.75) is 26.9 Å². The number of benzene rings is 1. The summed E-state index contributed by atoms with van der Waals surface area (Å²) in [5, 5.41) is 3.31. The molecule has 1 heterocycles. The lowest BCUT2D eigenvalue weighted by molar-refractivity contribution is 0.605. The van der Waals surface area contributed by atoms with E-state index < -0.39 is 0 Å². The summed E-state index contributed by atoms with van der Waals surface area (Å²) in [5.74, 6) is -0.108. The van der Waals surface area contributed by atoms with Crippen molar-refractivity contribution in [3.63, 3.8) is 0 Å². The average Bonchev–Trinajstić information content (AvgIpc) is 2.37. The van der Waals surface area contributed by atoms with Gasteiger partial charge in [0.1, 0.15) is 5.82 Å². The number of nitrogens with zero attached hydrogens (tertiary/aromatic N) is 1. The number of pyridine rings is 1. The molecule has 0 aliphatic heterocycles. The molecule has 0 radical (unpaired) electrons. The van der Waals surface area contributed by atoms with Crippen LogP contribution in [0.2, 0.25) is 0 Å². The Labute approximate surface area is 107 Å². The molecule has 18 heavy (non-hydrogen) atoms. The van der Waals surface area contributed by atoms with E-state index in [1.54, 1.807) is 20.0 Å². The third kappa shape index (κ3) is 3.14. The van der Waals surface area contributed by atoms with Gasteiger partial charge in [0.25, 0.3) is 0 Å². The zero-order valence-electron chi connectivity index (χ0n) is 10.7. The van der Waals surface area contributed by atoms with Gasteiger partial charge >= 0.3 is 0 Å². The molecule has 0 bridgehead atoms. The quantitative estimate of drug-likeness (QED) is 0.893. The number of hydrogen-bond donors (Lipinski definition) is 1. The van der Waals surface area contributed by atoms with Crippen LogP contribution >= 0.6 is 0 Å². The molecule has 94 valence electrons. The average molecular weight is 244 g/mol. The molecule has 1 N–H and O–H groups in total. The van der Waals surface area contributed by atoms with Crippen molar-refractivity contribution < 1.29 is 4.39 Å². The smallest absolute Gasteiger partial charge is 0.129 e. The van der Waals surface area contributed by atoms with Gasteiger partial charge in [0.2, 0.25) is 0 Å². The number of aryl methyl sites for hydroxylation is 2. The fraction of sp³-hybridized carbons (Fsp3) is 0.267. The van der Waals surface area contributed by atoms with Crippen LogP contribution in [-0.4, -0.2) is 4.98 Å². The van der Waals surface area contributed by atoms with Gasteiger partial charge in [-0.3, -0.25) is 4.98 Å². The monoisotopic (exact) mass is 244 g/mol. The van der Waals surface area contributed by atoms with Crippen molar-refractivity contribution in [2.24, 2.45) is 0 Å². The zero-order chi connectivity index (χ0) is 13.0. The third-order valence-electron chi connectivity index (χ3n) is 2.86. The summed E-state index contributed by atoms with van der Waals surface area (Å²) in [6.45, 7) is 5.03. The van der Waals surface area contributed by atoms with Gasteiger partial charge in [0.15, 0.2) is 0 Å². The van der Waals surface area contributed by atoms with Crippen molar-refractivity contribution in [3.8, 4) is 0 Å². The Morgan fingerprint density at radius 1 is 1.11 bits per heavy atom. The van der Waals surface area contributed by atoms with E-state index in [2.05, 4.69) is 10.3 Å². The van der Waals surface area contributed by atoms with Crippen molar-refractivity contribution in [1.29, 1.82) is 0 Å². The van der Waals surface area contributed by atoms with E-state index in [1.807, 2.05) is 30.3 Å². The van der Waals surface area contributed by atoms with Crippen LogP contribution in [0.5, 0.6) is 0 Å². The molecule has 0 unspecified atom stereocenters. The minimum atomic E-state index is -0.108. The van der Waals surface area contributed by atoms with Gasteiger partial charge < -0.3 is 5.32 Å². The van der Waals surface area contributed by atoms with Gasteiger partial charge in [0.05, 0.1) is 5.69 Å². The first-order valence-corrected chi connectivity index (χ1v) is 6.03. The molecule has 0 aliphatic carbocycles. The summed E-state index contributed by atoms with van der Waals surface area (Å²) in [6.07, 6.45) is 1.78. The predicted octanol–water partition coefficient (Wildman–Crippen LogP) is 3.13. The van der Waals surface area contributed by atoms with E-state index in [9.17, 15) is 4.39 Å². The van der Waals surface area contributed by atoms with E-state index in [0.717, 1.165) is 24.3 Å². The highest BCUT2D eigenvalue weighted by molar-refractivity contribution is 5.30. The molecule has 1 aromatic carbocycles. The van der Waals surface area contributed by atoms with E-state index in [-0.39, 0.29) is 5.82 Å². The first kappa shape index (κ1) is 12.7. The Morgan fingerprint density at radius 2 is 1.83 bits per heavy atom. The summed E-state index contributed by atoms with van der Waals surface area (Å²) in [5.41, 5.74) is 3.50. The Hall–Kier alpha value is -1.74. The minimum Gasteiger partial charge on any atom is -0.307 e. The van der Waals surface area contributed by atoms with E-state index in [0.29, 0.717) is 11.1 Å². The predicted molar refractivity (Wildman–Crippen MR) is 70.7 cm³/mol. The number of aromatic nitrogens is 1. The van der Waals surface area contributed by atoms with Crippen LogP contribution in [0.1, 0.15) is 22.4 Å². The molecule has 0 atom stereocenters. The Morgan fingerprint density at radius 3 is 2.44 bits per heavy atom. The normalized spacial score (nSPS) is 10.6. The molecule has 2 nitrogen and oxygen atoms in total. The topological polar surface area (TPSA) is 24.9 Å². The van der Waals surface area contributed by atoms with Gasteiger partial charge in [-0.15, -0.1) is 0 Å². The highest BCUT2D eigenvalue weighted by Gasteiger charge is 2.04. The molecule has 0 fully saturated rings. The third-order valence-corrected chi connectivity index (χ3v) is 2.86. The fourth-order valence-corrected chi connectivity index (χ4v) is 1.98. The standard InChI is InChI=1S/C15H17FN2/c1-11-7-13(8-12(2)15(11)16)9-17-10-14-5-3-4-6-18-14/h3-8,17H,9-10H2,1-2H3. The van der Waals surface area contributed by atoms with E-state index >= 15 is 0 Å². The minimum absolute atomic E-state index is 0.108. The molecule has 2 rings (SSSR count). The lowest BCUT2D eigenvalue weighted by Crippen LogP contribution is -2.14. The van der Waals surface area contributed by atoms with Gasteiger partial charge in [0, 0.05) is 19.3 Å². The van der Waals surface area contributed by atoms with Crippen LogP contribution in [0.4, 0.5) is 4.39 Å². The molecule has 2 aromatic rings. The summed E-state index contributed by atoms with van der Waals surface area (Å²) >= 11 is 0. The molecular weight excluding hydrogens is 227 g/mol. The van der Waals surface area contributed by atoms with Crippen molar-refractivity contribution in [1.82, 2.24) is 10.3 Å². The summed E-state index contributed by atoms with van der Waals surface area (Å²) < 4.78 is 13.5. The highest BCUT2D eigenvalue weighted by atomic mass is 19.1. The van der Waals surface area contributed by atoms with E-state index in [1.165, 1.54) is 0 Å². The maximum atomic E-state index is 13.5. The maximum Gasteiger partial charge on any atom is 0.129 e. The second-order valence-corrected chi connectivity index (χ2v) is 4.47. The maximum absolute atomic E-state index is 13.5. The zero-order valence-corrected chi connectivity index (χ0v) is 10.7. The molecule has 0 aliphatic rings. The van der Waals surface area contributed by atoms with Crippen molar-refractivity contribution >= 4 is 0 Å². The van der Waals surface area contributed by atoms with Gasteiger partial charge in [-0.05, 0) is 42.7 Å². The molecule has 0 amide bonds. The van der Waals surface area contributed by atoms with Crippen LogP contribution < -0.4 is 5.32 Å². The lowest BCUT2D eigenvalue weighted by atomic mass is 10.1. The van der Waals surface area contributed by atoms with Gasteiger partial charge in [-0.25, -0.2) is 4.39 Å². The van der Waals surface area contributed by atoms with Crippen LogP contribution in [0, 0.1) is 19.7 Å². The van der Waals surface area contributed by atoms with Crippen LogP contribution in [0.25, 0.3) is 0 Å². The molecular formula is C15H17FN2. The van der Waals surface area contributed by atoms with Crippen LogP contribution in [0.15, 0.2) is 36.5 Å². The molecule has 0 saturated heterocycles. The SMILES string of the molecule is Cc1cc(CNCc2ccccn2)cc(C)c1F. The molecule has 0 saturated carbocycles.